The molecule has 0 heterocycles. The fourth-order valence-corrected chi connectivity index (χ4v) is 6.60. The average molecular weight is 316 g/mol. The zero-order valence-corrected chi connectivity index (χ0v) is 14.3. The summed E-state index contributed by atoms with van der Waals surface area (Å²) in [7, 11) is 0. The maximum Gasteiger partial charge on any atom is 0.0795 e. The van der Waals surface area contributed by atoms with Gasteiger partial charge in [-0.25, -0.2) is 0 Å². The van der Waals surface area contributed by atoms with Crippen LogP contribution in [0, 0.1) is 28.6 Å². The lowest BCUT2D eigenvalue weighted by Gasteiger charge is -2.57. The van der Waals surface area contributed by atoms with Gasteiger partial charge in [0.2, 0.25) is 0 Å². The van der Waals surface area contributed by atoms with Gasteiger partial charge in [-0.3, -0.25) is 0 Å². The second kappa shape index (κ2) is 5.09. The van der Waals surface area contributed by atoms with Crippen LogP contribution in [0.25, 0.3) is 0 Å². The lowest BCUT2D eigenvalue weighted by Crippen LogP contribution is -2.50. The van der Waals surface area contributed by atoms with Crippen LogP contribution < -0.4 is 0 Å². The standard InChI is InChI=1S/C19H28N2O2/c1-18-9-7-13(20-22)11-12(18)3-4-14-15-5-6-17(21-23)19(15,2)10-8-16(14)18/h11,14-16,22-23H,3-10H2,1-2H3/b20-13+,21-17+/t14?,15?,16?,18-,19-/m0/s1. The Morgan fingerprint density at radius 2 is 1.70 bits per heavy atom. The molecule has 23 heavy (non-hydrogen) atoms. The maximum absolute atomic E-state index is 9.40. The van der Waals surface area contributed by atoms with Crippen LogP contribution in [0.4, 0.5) is 0 Å². The Morgan fingerprint density at radius 1 is 0.913 bits per heavy atom. The van der Waals surface area contributed by atoms with E-state index in [0.29, 0.717) is 5.92 Å². The first kappa shape index (κ1) is 15.2. The average Bonchev–Trinajstić information content (AvgIpc) is 2.90. The molecule has 0 aromatic heterocycles. The molecule has 0 radical (unpaired) electrons. The van der Waals surface area contributed by atoms with Crippen LogP contribution in [0.15, 0.2) is 22.0 Å². The fraction of sp³-hybridized carbons (Fsp3) is 0.789. The zero-order valence-electron chi connectivity index (χ0n) is 14.3. The summed E-state index contributed by atoms with van der Waals surface area (Å²) in [5.41, 5.74) is 3.81. The normalized spacial score (nSPS) is 49.5. The first-order valence-corrected chi connectivity index (χ1v) is 9.16. The molecule has 0 spiro atoms. The van der Waals surface area contributed by atoms with E-state index in [1.165, 1.54) is 24.8 Å². The van der Waals surface area contributed by atoms with Crippen molar-refractivity contribution in [1.29, 1.82) is 0 Å². The minimum Gasteiger partial charge on any atom is -0.411 e. The molecule has 0 aromatic rings. The quantitative estimate of drug-likeness (QED) is 0.506. The van der Waals surface area contributed by atoms with E-state index in [2.05, 4.69) is 30.2 Å². The van der Waals surface area contributed by atoms with E-state index in [1.54, 1.807) is 0 Å². The van der Waals surface area contributed by atoms with Gasteiger partial charge in [-0.2, -0.15) is 0 Å². The molecule has 4 aliphatic carbocycles. The van der Waals surface area contributed by atoms with Gasteiger partial charge in [0.25, 0.3) is 0 Å². The summed E-state index contributed by atoms with van der Waals surface area (Å²) in [6.07, 6.45) is 11.1. The molecule has 3 unspecified atom stereocenters. The minimum absolute atomic E-state index is 0.125. The van der Waals surface area contributed by atoms with E-state index in [4.69, 9.17) is 5.21 Å². The summed E-state index contributed by atoms with van der Waals surface area (Å²) < 4.78 is 0. The van der Waals surface area contributed by atoms with Crippen molar-refractivity contribution in [3.8, 4) is 0 Å². The molecule has 0 amide bonds. The number of hydrogen-bond donors (Lipinski definition) is 2. The predicted octanol–water partition coefficient (Wildman–Crippen LogP) is 4.61. The first-order chi connectivity index (χ1) is 11.0. The lowest BCUT2D eigenvalue weighted by atomic mass is 9.47. The van der Waals surface area contributed by atoms with Crippen LogP contribution in [0.1, 0.15) is 65.2 Å². The summed E-state index contributed by atoms with van der Waals surface area (Å²) in [5.74, 6) is 2.17. The summed E-state index contributed by atoms with van der Waals surface area (Å²) >= 11 is 0. The van der Waals surface area contributed by atoms with E-state index in [1.807, 2.05) is 0 Å². The SMILES string of the molecule is C[C@]12CC/C(=N\O)C=C1CCC1C2CC[C@]2(C)/C(=N/O)CCC12. The highest BCUT2D eigenvalue weighted by atomic mass is 16.4. The van der Waals surface area contributed by atoms with Crippen LogP contribution in [0.5, 0.6) is 0 Å². The predicted molar refractivity (Wildman–Crippen MR) is 90.1 cm³/mol. The number of oxime groups is 2. The van der Waals surface area contributed by atoms with Gasteiger partial charge in [0.15, 0.2) is 0 Å². The second-order valence-corrected chi connectivity index (χ2v) is 8.64. The Morgan fingerprint density at radius 3 is 2.43 bits per heavy atom. The van der Waals surface area contributed by atoms with E-state index in [9.17, 15) is 5.21 Å². The summed E-state index contributed by atoms with van der Waals surface area (Å²) in [6, 6.07) is 0. The molecule has 2 N–H and O–H groups in total. The Labute approximate surface area is 138 Å². The summed E-state index contributed by atoms with van der Waals surface area (Å²) in [6.45, 7) is 4.78. The van der Waals surface area contributed by atoms with E-state index >= 15 is 0 Å². The Balaban J connectivity index is 1.68. The highest BCUT2D eigenvalue weighted by Gasteiger charge is 2.58. The van der Waals surface area contributed by atoms with Crippen LogP contribution >= 0.6 is 0 Å². The van der Waals surface area contributed by atoms with Gasteiger partial charge >= 0.3 is 0 Å². The van der Waals surface area contributed by atoms with Crippen molar-refractivity contribution in [2.45, 2.75) is 65.2 Å². The molecule has 4 aliphatic rings. The van der Waals surface area contributed by atoms with Crippen LogP contribution in [0.3, 0.4) is 0 Å². The van der Waals surface area contributed by atoms with Gasteiger partial charge in [-0.15, -0.1) is 0 Å². The molecule has 0 aromatic carbocycles. The van der Waals surface area contributed by atoms with Crippen molar-refractivity contribution in [3.05, 3.63) is 11.6 Å². The molecule has 126 valence electrons. The highest BCUT2D eigenvalue weighted by molar-refractivity contribution is 5.96. The van der Waals surface area contributed by atoms with E-state index in [0.717, 1.165) is 55.4 Å². The maximum atomic E-state index is 9.40. The summed E-state index contributed by atoms with van der Waals surface area (Å²) in [4.78, 5) is 0. The van der Waals surface area contributed by atoms with Crippen LogP contribution in [-0.2, 0) is 0 Å². The largest absolute Gasteiger partial charge is 0.411 e. The minimum atomic E-state index is 0.125. The van der Waals surface area contributed by atoms with Crippen molar-refractivity contribution in [3.63, 3.8) is 0 Å². The Bertz CT molecular complexity index is 608. The van der Waals surface area contributed by atoms with Crippen molar-refractivity contribution < 1.29 is 10.4 Å². The van der Waals surface area contributed by atoms with Gasteiger partial charge < -0.3 is 10.4 Å². The van der Waals surface area contributed by atoms with Gasteiger partial charge in [0, 0.05) is 5.41 Å². The summed E-state index contributed by atoms with van der Waals surface area (Å²) in [5, 5.41) is 25.6. The number of fused-ring (bicyclic) bond motifs is 5. The zero-order chi connectivity index (χ0) is 16.2. The van der Waals surface area contributed by atoms with Crippen molar-refractivity contribution in [1.82, 2.24) is 0 Å². The molecule has 5 atom stereocenters. The topological polar surface area (TPSA) is 65.2 Å². The number of allylic oxidation sites excluding steroid dienone is 2. The third kappa shape index (κ3) is 1.96. The Hall–Kier alpha value is -1.32. The third-order valence-corrected chi connectivity index (χ3v) is 7.97. The molecule has 0 saturated heterocycles. The Kier molecular flexibility index (Phi) is 3.37. The lowest BCUT2D eigenvalue weighted by molar-refractivity contribution is -0.0160. The third-order valence-electron chi connectivity index (χ3n) is 7.97. The number of hydrogen-bond acceptors (Lipinski definition) is 4. The number of nitrogens with zero attached hydrogens (tertiary/aromatic N) is 2. The van der Waals surface area contributed by atoms with Crippen LogP contribution in [0.2, 0.25) is 0 Å². The molecule has 4 heteroatoms. The highest BCUT2D eigenvalue weighted by Crippen LogP contribution is 2.64. The monoisotopic (exact) mass is 316 g/mol. The van der Waals surface area contributed by atoms with Crippen LogP contribution in [-0.4, -0.2) is 21.8 Å². The van der Waals surface area contributed by atoms with Crippen molar-refractivity contribution >= 4 is 11.4 Å². The van der Waals surface area contributed by atoms with Gasteiger partial charge in [0.1, 0.15) is 0 Å². The smallest absolute Gasteiger partial charge is 0.0795 e. The van der Waals surface area contributed by atoms with Gasteiger partial charge in [-0.1, -0.05) is 29.7 Å². The number of rotatable bonds is 0. The van der Waals surface area contributed by atoms with E-state index in [-0.39, 0.29) is 10.8 Å². The molecule has 3 fully saturated rings. The molecular formula is C19H28N2O2. The van der Waals surface area contributed by atoms with E-state index < -0.39 is 0 Å². The first-order valence-electron chi connectivity index (χ1n) is 9.16. The van der Waals surface area contributed by atoms with Gasteiger partial charge in [-0.05, 0) is 80.6 Å². The molecule has 0 bridgehead atoms. The van der Waals surface area contributed by atoms with Crippen molar-refractivity contribution in [2.24, 2.45) is 38.9 Å². The molecule has 4 nitrogen and oxygen atoms in total. The van der Waals surface area contributed by atoms with Crippen molar-refractivity contribution in [2.75, 3.05) is 0 Å². The fourth-order valence-electron chi connectivity index (χ4n) is 6.60. The molecular weight excluding hydrogens is 288 g/mol. The second-order valence-electron chi connectivity index (χ2n) is 8.64. The molecule has 3 saturated carbocycles. The van der Waals surface area contributed by atoms with Gasteiger partial charge in [0.05, 0.1) is 11.4 Å². The molecule has 4 rings (SSSR count). The molecule has 0 aliphatic heterocycles.